The maximum atomic E-state index is 12.5. The highest BCUT2D eigenvalue weighted by atomic mass is 19.3. The van der Waals surface area contributed by atoms with E-state index < -0.39 is 18.4 Å². The standard InChI is InChI=1S/C21H24F2N2O5/c1-4-28-17-10-9-15(12-18(17)29-5-2)24-19(26)13-25(3)20(27)14-7-6-8-16(11-14)30-21(22)23/h6-12,21H,4-5,13H2,1-3H3,(H,24,26). The van der Waals surface area contributed by atoms with E-state index in [1.807, 2.05) is 13.8 Å². The van der Waals surface area contributed by atoms with Crippen LogP contribution in [0.4, 0.5) is 14.5 Å². The van der Waals surface area contributed by atoms with Gasteiger partial charge in [0.25, 0.3) is 5.91 Å². The van der Waals surface area contributed by atoms with Crippen LogP contribution in [0.15, 0.2) is 42.5 Å². The molecule has 1 N–H and O–H groups in total. The molecule has 0 saturated carbocycles. The van der Waals surface area contributed by atoms with Crippen molar-refractivity contribution in [3.05, 3.63) is 48.0 Å². The van der Waals surface area contributed by atoms with Gasteiger partial charge >= 0.3 is 6.61 Å². The second-order valence-electron chi connectivity index (χ2n) is 6.14. The summed E-state index contributed by atoms with van der Waals surface area (Å²) in [4.78, 5) is 26.0. The molecule has 2 amide bonds. The normalized spacial score (nSPS) is 10.5. The largest absolute Gasteiger partial charge is 0.490 e. The lowest BCUT2D eigenvalue weighted by molar-refractivity contribution is -0.116. The van der Waals surface area contributed by atoms with Crippen LogP contribution in [0.25, 0.3) is 0 Å². The van der Waals surface area contributed by atoms with Crippen molar-refractivity contribution in [1.82, 2.24) is 4.90 Å². The summed E-state index contributed by atoms with van der Waals surface area (Å²) in [7, 11) is 1.44. The summed E-state index contributed by atoms with van der Waals surface area (Å²) in [5, 5.41) is 2.69. The van der Waals surface area contributed by atoms with E-state index in [0.29, 0.717) is 30.4 Å². The van der Waals surface area contributed by atoms with Crippen LogP contribution < -0.4 is 19.5 Å². The molecule has 0 aliphatic carbocycles. The molecular formula is C21H24F2N2O5. The molecule has 2 aromatic carbocycles. The smallest absolute Gasteiger partial charge is 0.387 e. The van der Waals surface area contributed by atoms with Gasteiger partial charge in [0.1, 0.15) is 5.75 Å². The van der Waals surface area contributed by atoms with Crippen molar-refractivity contribution in [2.24, 2.45) is 0 Å². The van der Waals surface area contributed by atoms with E-state index in [9.17, 15) is 18.4 Å². The summed E-state index contributed by atoms with van der Waals surface area (Å²) < 4.78 is 40.0. The molecule has 9 heteroatoms. The number of anilines is 1. The highest BCUT2D eigenvalue weighted by Gasteiger charge is 2.17. The van der Waals surface area contributed by atoms with Crippen LogP contribution in [0.1, 0.15) is 24.2 Å². The quantitative estimate of drug-likeness (QED) is 0.630. The van der Waals surface area contributed by atoms with Gasteiger partial charge in [-0.25, -0.2) is 0 Å². The highest BCUT2D eigenvalue weighted by molar-refractivity contribution is 5.99. The van der Waals surface area contributed by atoms with Crippen LogP contribution in [0.5, 0.6) is 17.2 Å². The number of halogens is 2. The van der Waals surface area contributed by atoms with Crippen molar-refractivity contribution in [3.8, 4) is 17.2 Å². The number of nitrogens with one attached hydrogen (secondary N) is 1. The molecule has 0 fully saturated rings. The third-order valence-corrected chi connectivity index (χ3v) is 3.86. The molecule has 0 aliphatic rings. The third kappa shape index (κ3) is 6.61. The minimum absolute atomic E-state index is 0.128. The van der Waals surface area contributed by atoms with Crippen molar-refractivity contribution in [1.29, 1.82) is 0 Å². The molecule has 7 nitrogen and oxygen atoms in total. The molecule has 0 radical (unpaired) electrons. The second-order valence-corrected chi connectivity index (χ2v) is 6.14. The van der Waals surface area contributed by atoms with E-state index in [-0.39, 0.29) is 17.9 Å². The van der Waals surface area contributed by atoms with Gasteiger partial charge in [0.05, 0.1) is 19.8 Å². The summed E-state index contributed by atoms with van der Waals surface area (Å²) in [6.07, 6.45) is 0. The first-order valence-electron chi connectivity index (χ1n) is 9.33. The van der Waals surface area contributed by atoms with Gasteiger partial charge in [-0.2, -0.15) is 8.78 Å². The Balaban J connectivity index is 2.02. The molecule has 0 spiro atoms. The fourth-order valence-corrected chi connectivity index (χ4v) is 2.64. The number of likely N-dealkylation sites (N-methyl/N-ethyl adjacent to an activating group) is 1. The summed E-state index contributed by atoms with van der Waals surface area (Å²) in [5.41, 5.74) is 0.614. The van der Waals surface area contributed by atoms with Gasteiger partial charge in [0, 0.05) is 24.4 Å². The van der Waals surface area contributed by atoms with Gasteiger partial charge < -0.3 is 24.4 Å². The number of hydrogen-bond acceptors (Lipinski definition) is 5. The van der Waals surface area contributed by atoms with Gasteiger partial charge in [-0.15, -0.1) is 0 Å². The molecule has 0 heterocycles. The molecule has 162 valence electrons. The lowest BCUT2D eigenvalue weighted by Gasteiger charge is -2.18. The predicted molar refractivity (Wildman–Crippen MR) is 107 cm³/mol. The van der Waals surface area contributed by atoms with E-state index in [4.69, 9.17) is 9.47 Å². The van der Waals surface area contributed by atoms with Gasteiger partial charge in [0.2, 0.25) is 5.91 Å². The van der Waals surface area contributed by atoms with E-state index in [0.717, 1.165) is 0 Å². The van der Waals surface area contributed by atoms with Gasteiger partial charge in [-0.1, -0.05) is 6.07 Å². The summed E-state index contributed by atoms with van der Waals surface area (Å²) in [5.74, 6) is -0.0106. The number of carbonyl (C=O) groups is 2. The van der Waals surface area contributed by atoms with Crippen LogP contribution in [-0.4, -0.2) is 50.1 Å². The van der Waals surface area contributed by atoms with Crippen LogP contribution in [0.3, 0.4) is 0 Å². The fraction of sp³-hybridized carbons (Fsp3) is 0.333. The zero-order valence-corrected chi connectivity index (χ0v) is 17.0. The Bertz CT molecular complexity index is 876. The minimum Gasteiger partial charge on any atom is -0.490 e. The number of alkyl halides is 2. The first kappa shape index (κ1) is 22.9. The molecule has 2 rings (SSSR count). The topological polar surface area (TPSA) is 77.1 Å². The van der Waals surface area contributed by atoms with Crippen molar-refractivity contribution in [2.75, 3.05) is 32.1 Å². The maximum Gasteiger partial charge on any atom is 0.387 e. The number of ether oxygens (including phenoxy) is 3. The highest BCUT2D eigenvalue weighted by Crippen LogP contribution is 2.30. The second kappa shape index (κ2) is 11.0. The van der Waals surface area contributed by atoms with Crippen LogP contribution in [0, 0.1) is 0 Å². The molecule has 0 unspecified atom stereocenters. The zero-order valence-electron chi connectivity index (χ0n) is 17.0. The minimum atomic E-state index is -2.99. The number of nitrogens with zero attached hydrogens (tertiary/aromatic N) is 1. The van der Waals surface area contributed by atoms with E-state index >= 15 is 0 Å². The molecular weight excluding hydrogens is 398 g/mol. The van der Waals surface area contributed by atoms with E-state index in [2.05, 4.69) is 10.1 Å². The van der Waals surface area contributed by atoms with E-state index in [1.54, 1.807) is 18.2 Å². The molecule has 0 saturated heterocycles. The molecule has 0 atom stereocenters. The van der Waals surface area contributed by atoms with Gasteiger partial charge in [0.15, 0.2) is 11.5 Å². The zero-order chi connectivity index (χ0) is 22.1. The Kier molecular flexibility index (Phi) is 8.40. The number of benzene rings is 2. The Hall–Kier alpha value is -3.36. The monoisotopic (exact) mass is 422 g/mol. The third-order valence-electron chi connectivity index (χ3n) is 3.86. The molecule has 2 aromatic rings. The average Bonchev–Trinajstić information content (AvgIpc) is 2.69. The van der Waals surface area contributed by atoms with Gasteiger partial charge in [-0.3, -0.25) is 9.59 Å². The van der Waals surface area contributed by atoms with Crippen molar-refractivity contribution < 1.29 is 32.6 Å². The number of amides is 2. The first-order valence-corrected chi connectivity index (χ1v) is 9.33. The Labute approximate surface area is 173 Å². The first-order chi connectivity index (χ1) is 14.3. The van der Waals surface area contributed by atoms with Crippen LogP contribution >= 0.6 is 0 Å². The fourth-order valence-electron chi connectivity index (χ4n) is 2.64. The van der Waals surface area contributed by atoms with Crippen LogP contribution in [0.2, 0.25) is 0 Å². The number of hydrogen-bond donors (Lipinski definition) is 1. The van der Waals surface area contributed by atoms with Crippen molar-refractivity contribution in [2.45, 2.75) is 20.5 Å². The Morgan fingerprint density at radius 1 is 1.03 bits per heavy atom. The Morgan fingerprint density at radius 3 is 2.40 bits per heavy atom. The van der Waals surface area contributed by atoms with Crippen molar-refractivity contribution >= 4 is 17.5 Å². The predicted octanol–water partition coefficient (Wildman–Crippen LogP) is 3.80. The SMILES string of the molecule is CCOc1ccc(NC(=O)CN(C)C(=O)c2cccc(OC(F)F)c2)cc1OCC. The lowest BCUT2D eigenvalue weighted by Crippen LogP contribution is -2.34. The molecule has 0 bridgehead atoms. The molecule has 0 aromatic heterocycles. The Morgan fingerprint density at radius 2 is 1.73 bits per heavy atom. The molecule has 0 aliphatic heterocycles. The number of rotatable bonds is 10. The lowest BCUT2D eigenvalue weighted by atomic mass is 10.2. The number of carbonyl (C=O) groups excluding carboxylic acids is 2. The summed E-state index contributed by atoms with van der Waals surface area (Å²) in [6, 6.07) is 10.4. The van der Waals surface area contributed by atoms with Crippen molar-refractivity contribution in [3.63, 3.8) is 0 Å². The van der Waals surface area contributed by atoms with E-state index in [1.165, 1.54) is 36.2 Å². The summed E-state index contributed by atoms with van der Waals surface area (Å²) >= 11 is 0. The average molecular weight is 422 g/mol. The van der Waals surface area contributed by atoms with Gasteiger partial charge in [-0.05, 0) is 44.2 Å². The summed E-state index contributed by atoms with van der Waals surface area (Å²) in [6.45, 7) is 1.37. The molecule has 30 heavy (non-hydrogen) atoms. The van der Waals surface area contributed by atoms with Crippen LogP contribution in [-0.2, 0) is 4.79 Å². The maximum absolute atomic E-state index is 12.5.